The van der Waals surface area contributed by atoms with Gasteiger partial charge in [0.1, 0.15) is 23.9 Å². The van der Waals surface area contributed by atoms with Crippen molar-refractivity contribution < 1.29 is 35.5 Å². The van der Waals surface area contributed by atoms with E-state index in [-0.39, 0.29) is 17.7 Å². The van der Waals surface area contributed by atoms with Crippen LogP contribution in [0.5, 0.6) is 0 Å². The minimum atomic E-state index is -5.03. The number of fused-ring (bicyclic) bond motifs is 3. The van der Waals surface area contributed by atoms with E-state index in [1.54, 1.807) is 11.7 Å². The first kappa shape index (κ1) is 39.9. The van der Waals surface area contributed by atoms with Gasteiger partial charge in [0.05, 0.1) is 22.0 Å². The lowest BCUT2D eigenvalue weighted by molar-refractivity contribution is -0.142. The minimum absolute atomic E-state index is 0.125. The molecule has 306 valence electrons. The average molecular weight is 847 g/mol. The molecule has 2 N–H and O–H groups in total. The molecule has 4 aromatic heterocycles. The van der Waals surface area contributed by atoms with Gasteiger partial charge in [-0.15, -0.1) is 0 Å². The number of carbonyl (C=O) groups excluding carboxylic acids is 1. The third-order valence-corrected chi connectivity index (χ3v) is 12.0. The van der Waals surface area contributed by atoms with E-state index in [0.717, 1.165) is 55.4 Å². The number of likely N-dealkylation sites (N-methyl/N-ethyl adjacent to an activating group) is 1. The van der Waals surface area contributed by atoms with Crippen LogP contribution in [0, 0.1) is 11.6 Å². The van der Waals surface area contributed by atoms with Crippen LogP contribution in [-0.2, 0) is 43.3 Å². The van der Waals surface area contributed by atoms with Crippen molar-refractivity contribution in [2.45, 2.75) is 50.9 Å². The highest BCUT2D eigenvalue weighted by Gasteiger charge is 2.50. The predicted octanol–water partition coefficient (Wildman–Crippen LogP) is 7.71. The summed E-state index contributed by atoms with van der Waals surface area (Å²) in [5.41, 5.74) is -0.563. The minimum Gasteiger partial charge on any atom is -0.346 e. The van der Waals surface area contributed by atoms with Crippen molar-refractivity contribution in [3.8, 4) is 11.1 Å². The second kappa shape index (κ2) is 15.3. The molecule has 5 heterocycles. The van der Waals surface area contributed by atoms with Crippen LogP contribution in [0.1, 0.15) is 47.6 Å². The predicted molar refractivity (Wildman–Crippen MR) is 209 cm³/mol. The second-order valence-corrected chi connectivity index (χ2v) is 15.9. The summed E-state index contributed by atoms with van der Waals surface area (Å²) < 4.78 is 107. The number of anilines is 2. The van der Waals surface area contributed by atoms with Gasteiger partial charge in [-0.3, -0.25) is 14.2 Å². The Bertz CT molecular complexity index is 2510. The Morgan fingerprint density at radius 1 is 1.02 bits per heavy atom. The van der Waals surface area contributed by atoms with E-state index >= 15 is 8.78 Å². The third kappa shape index (κ3) is 7.56. The first-order chi connectivity index (χ1) is 27.6. The molecule has 0 saturated carbocycles. The first-order valence-corrected chi connectivity index (χ1v) is 20.5. The van der Waals surface area contributed by atoms with Gasteiger partial charge in [-0.1, -0.05) is 42.3 Å². The molecule has 58 heavy (non-hydrogen) atoms. The molecular formula is C38H37F7N10OS2. The van der Waals surface area contributed by atoms with Crippen molar-refractivity contribution >= 4 is 61.4 Å². The number of carbonyl (C=O) groups is 1. The normalized spacial score (nSPS) is 16.3. The number of amides is 1. The van der Waals surface area contributed by atoms with E-state index in [2.05, 4.69) is 37.0 Å². The van der Waals surface area contributed by atoms with Crippen LogP contribution in [0.25, 0.3) is 32.4 Å². The Morgan fingerprint density at radius 3 is 2.45 bits per heavy atom. The average Bonchev–Trinajstić information content (AvgIpc) is 3.92. The highest BCUT2D eigenvalue weighted by Crippen LogP contribution is 2.47. The molecule has 1 atom stereocenters. The fourth-order valence-corrected chi connectivity index (χ4v) is 9.25. The van der Waals surface area contributed by atoms with E-state index in [4.69, 9.17) is 9.97 Å². The summed E-state index contributed by atoms with van der Waals surface area (Å²) in [7, 11) is 1.77. The van der Waals surface area contributed by atoms with Gasteiger partial charge in [-0.05, 0) is 49.2 Å². The maximum absolute atomic E-state index is 15.0. The lowest BCUT2D eigenvalue weighted by Crippen LogP contribution is -2.46. The molecule has 1 aliphatic heterocycles. The highest BCUT2D eigenvalue weighted by atomic mass is 32.2. The molecule has 1 amide bonds. The van der Waals surface area contributed by atoms with E-state index in [1.165, 1.54) is 23.3 Å². The number of benzene rings is 2. The summed E-state index contributed by atoms with van der Waals surface area (Å²) in [6.45, 7) is 5.20. The van der Waals surface area contributed by atoms with Gasteiger partial charge in [-0.2, -0.15) is 37.1 Å². The van der Waals surface area contributed by atoms with E-state index < -0.39 is 72.0 Å². The molecule has 2 aliphatic rings. The van der Waals surface area contributed by atoms with Crippen molar-refractivity contribution in [1.29, 1.82) is 0 Å². The molecule has 1 fully saturated rings. The zero-order chi connectivity index (χ0) is 41.1. The Morgan fingerprint density at radius 2 is 1.76 bits per heavy atom. The fraction of sp³-hybridized carbons (Fsp3) is 0.395. The number of aryl methyl sites for hydroxylation is 1. The maximum atomic E-state index is 15.0. The molecule has 0 spiro atoms. The Hall–Kier alpha value is -4.95. The molecular weight excluding hydrogens is 810 g/mol. The van der Waals surface area contributed by atoms with Crippen molar-refractivity contribution in [2.75, 3.05) is 48.6 Å². The third-order valence-electron chi connectivity index (χ3n) is 10.5. The van der Waals surface area contributed by atoms with Gasteiger partial charge >= 0.3 is 6.18 Å². The maximum Gasteiger partial charge on any atom is 0.435 e. The number of hydrogen-bond acceptors (Lipinski definition) is 10. The molecule has 0 radical (unpaired) electrons. The molecule has 8 rings (SSSR count). The summed E-state index contributed by atoms with van der Waals surface area (Å²) >= 11 is 2.79. The Balaban J connectivity index is 1.27. The molecule has 11 nitrogen and oxygen atoms in total. The highest BCUT2D eigenvalue weighted by molar-refractivity contribution is 7.99. The van der Waals surface area contributed by atoms with Crippen LogP contribution in [-0.4, -0.2) is 79.3 Å². The van der Waals surface area contributed by atoms with Gasteiger partial charge in [0.15, 0.2) is 22.3 Å². The van der Waals surface area contributed by atoms with Crippen LogP contribution in [0.2, 0.25) is 0 Å². The van der Waals surface area contributed by atoms with E-state index in [9.17, 15) is 26.7 Å². The summed E-state index contributed by atoms with van der Waals surface area (Å²) in [5.74, 6) is -5.79. The van der Waals surface area contributed by atoms with Crippen LogP contribution >= 0.6 is 23.3 Å². The lowest BCUT2D eigenvalue weighted by atomic mass is 9.94. The molecule has 1 unspecified atom stereocenters. The van der Waals surface area contributed by atoms with Crippen molar-refractivity contribution in [3.63, 3.8) is 0 Å². The molecule has 20 heteroatoms. The number of rotatable bonds is 11. The van der Waals surface area contributed by atoms with Gasteiger partial charge in [0.25, 0.3) is 5.92 Å². The fourth-order valence-electron chi connectivity index (χ4n) is 7.91. The van der Waals surface area contributed by atoms with Crippen LogP contribution < -0.4 is 14.9 Å². The van der Waals surface area contributed by atoms with Crippen molar-refractivity contribution in [1.82, 2.24) is 39.7 Å². The van der Waals surface area contributed by atoms with Gasteiger partial charge in [0.2, 0.25) is 5.91 Å². The summed E-state index contributed by atoms with van der Waals surface area (Å²) in [6.07, 6.45) is -4.84. The molecule has 1 saturated heterocycles. The number of nitrogens with one attached hydrogen (secondary N) is 2. The van der Waals surface area contributed by atoms with Crippen molar-refractivity contribution in [2.24, 2.45) is 7.05 Å². The quantitative estimate of drug-likeness (QED) is 0.100. The number of nitrogens with zero attached hydrogens (tertiary/aromatic N) is 8. The zero-order valence-electron chi connectivity index (χ0n) is 31.4. The summed E-state index contributed by atoms with van der Waals surface area (Å²) in [5, 5.41) is 12.4. The molecule has 0 bridgehead atoms. The monoisotopic (exact) mass is 846 g/mol. The number of para-hydroxylation sites is 1. The number of hydrogen-bond donors (Lipinski definition) is 2. The zero-order valence-corrected chi connectivity index (χ0v) is 33.1. The number of halogens is 7. The standard InChI is InChI=1S/C38H37F7N10OS2/c1-4-53-10-12-54(13-11-53)36-48-35-28(58-36)18-26(23-6-5-7-24-31(23)52(2)50-34(24)51-57-3)30(47-35)27(16-20-14-21(39)17-22(40)15-20)46-29(56)19-55-33-25(8-9-37(33,41)42)32(49-55)38(43,44)45/h5-7,14-15,17-18,27H,4,8-13,16,19H2,1-3H3,(H,46,56)(H,50,51). The number of aromatic nitrogens is 6. The molecule has 2 aromatic carbocycles. The number of thiazole rings is 1. The van der Waals surface area contributed by atoms with Crippen LogP contribution in [0.15, 0.2) is 42.5 Å². The van der Waals surface area contributed by atoms with Gasteiger partial charge in [0, 0.05) is 74.0 Å². The molecule has 1 aliphatic carbocycles. The van der Waals surface area contributed by atoms with E-state index in [0.29, 0.717) is 43.6 Å². The van der Waals surface area contributed by atoms with Gasteiger partial charge < -0.3 is 19.8 Å². The van der Waals surface area contributed by atoms with Crippen LogP contribution in [0.4, 0.5) is 41.7 Å². The Kier molecular flexibility index (Phi) is 10.5. The van der Waals surface area contributed by atoms with Gasteiger partial charge in [-0.25, -0.2) is 13.8 Å². The summed E-state index contributed by atoms with van der Waals surface area (Å²) in [4.78, 5) is 28.4. The number of alkyl halides is 5. The smallest absolute Gasteiger partial charge is 0.346 e. The first-order valence-electron chi connectivity index (χ1n) is 18.5. The molecule has 6 aromatic rings. The van der Waals surface area contributed by atoms with Crippen molar-refractivity contribution in [3.05, 3.63) is 82.3 Å². The second-order valence-electron chi connectivity index (χ2n) is 14.3. The lowest BCUT2D eigenvalue weighted by Gasteiger charge is -2.33. The number of pyridine rings is 1. The summed E-state index contributed by atoms with van der Waals surface area (Å²) in [6, 6.07) is 9.13. The SMILES string of the molecule is CCN1CCN(c2nc3nc(C(Cc4cc(F)cc(F)c4)NC(=O)Cn4nc(C(F)(F)F)c5c4C(F)(F)CC5)c(-c4cccc5c(NSC)nn(C)c45)cc3s2)CC1. The largest absolute Gasteiger partial charge is 0.435 e. The van der Waals surface area contributed by atoms with E-state index in [1.807, 2.05) is 30.5 Å². The Labute approximate surface area is 335 Å². The number of piperazine rings is 1. The van der Waals surface area contributed by atoms with Crippen LogP contribution in [0.3, 0.4) is 0 Å². The topological polar surface area (TPSA) is 109 Å².